The maximum absolute atomic E-state index is 5.88. The number of anilines is 3. The molecule has 2 aromatic heterocycles. The van der Waals surface area contributed by atoms with Crippen LogP contribution in [0, 0.1) is 0 Å². The largest absolute Gasteiger partial charge is 0.476 e. The van der Waals surface area contributed by atoms with Crippen LogP contribution in [0.5, 0.6) is 5.88 Å². The molecule has 84 valence electrons. The first-order valence-electron chi connectivity index (χ1n) is 4.83. The summed E-state index contributed by atoms with van der Waals surface area (Å²) < 4.78 is 5.28. The van der Waals surface area contributed by atoms with Crippen molar-refractivity contribution in [2.45, 2.75) is 6.92 Å². The van der Waals surface area contributed by atoms with Crippen molar-refractivity contribution in [3.05, 3.63) is 23.2 Å². The Morgan fingerprint density at radius 2 is 2.38 bits per heavy atom. The first-order valence-corrected chi connectivity index (χ1v) is 5.78. The summed E-state index contributed by atoms with van der Waals surface area (Å²) in [5.74, 6) is 0.979. The van der Waals surface area contributed by atoms with E-state index in [1.54, 1.807) is 11.3 Å². The lowest BCUT2D eigenvalue weighted by atomic mass is 10.4. The Kier molecular flexibility index (Phi) is 3.21. The maximum Gasteiger partial charge on any atom is 0.242 e. The fourth-order valence-corrected chi connectivity index (χ4v) is 1.79. The first-order chi connectivity index (χ1) is 7.81. The number of thiophene rings is 1. The van der Waals surface area contributed by atoms with Crippen LogP contribution in [0.15, 0.2) is 23.2 Å². The van der Waals surface area contributed by atoms with Crippen LogP contribution in [0.4, 0.5) is 17.2 Å². The van der Waals surface area contributed by atoms with E-state index in [4.69, 9.17) is 10.5 Å². The van der Waals surface area contributed by atoms with Crippen molar-refractivity contribution in [2.24, 2.45) is 0 Å². The molecule has 0 aliphatic heterocycles. The van der Waals surface area contributed by atoms with Gasteiger partial charge in [0, 0.05) is 5.38 Å². The fourth-order valence-electron chi connectivity index (χ4n) is 1.20. The number of aromatic nitrogens is 2. The molecule has 0 unspecified atom stereocenters. The zero-order valence-corrected chi connectivity index (χ0v) is 9.62. The van der Waals surface area contributed by atoms with Gasteiger partial charge in [0.05, 0.1) is 12.3 Å². The number of hydrogen-bond acceptors (Lipinski definition) is 6. The molecule has 0 spiro atoms. The number of nitrogens with two attached hydrogens (primary N) is 1. The highest BCUT2D eigenvalue weighted by atomic mass is 32.1. The van der Waals surface area contributed by atoms with Gasteiger partial charge in [-0.1, -0.05) is 0 Å². The normalized spacial score (nSPS) is 10.1. The van der Waals surface area contributed by atoms with Gasteiger partial charge in [-0.05, 0) is 18.4 Å². The second-order valence-corrected chi connectivity index (χ2v) is 3.79. The third-order valence-corrected chi connectivity index (χ3v) is 2.60. The number of hydrogen-bond donors (Lipinski definition) is 2. The molecule has 0 bridgehead atoms. The predicted molar refractivity (Wildman–Crippen MR) is 65.2 cm³/mol. The van der Waals surface area contributed by atoms with Crippen LogP contribution in [0.25, 0.3) is 0 Å². The van der Waals surface area contributed by atoms with Gasteiger partial charge in [0.2, 0.25) is 5.88 Å². The Morgan fingerprint density at radius 3 is 3.06 bits per heavy atom. The number of nitrogens with one attached hydrogen (secondary N) is 1. The van der Waals surface area contributed by atoms with Gasteiger partial charge in [0.25, 0.3) is 0 Å². The van der Waals surface area contributed by atoms with E-state index in [0.29, 0.717) is 24.0 Å². The van der Waals surface area contributed by atoms with E-state index in [1.165, 1.54) is 6.33 Å². The summed E-state index contributed by atoms with van der Waals surface area (Å²) in [5, 5.41) is 7.05. The van der Waals surface area contributed by atoms with Gasteiger partial charge in [-0.15, -0.1) is 0 Å². The summed E-state index contributed by atoms with van der Waals surface area (Å²) in [6.07, 6.45) is 1.43. The number of nitrogen functional groups attached to an aromatic ring is 1. The van der Waals surface area contributed by atoms with E-state index >= 15 is 0 Å². The van der Waals surface area contributed by atoms with Gasteiger partial charge < -0.3 is 15.8 Å². The predicted octanol–water partition coefficient (Wildman–Crippen LogP) is 2.26. The minimum atomic E-state index is 0.412. The van der Waals surface area contributed by atoms with Crippen LogP contribution >= 0.6 is 11.3 Å². The van der Waals surface area contributed by atoms with E-state index in [9.17, 15) is 0 Å². The summed E-state index contributed by atoms with van der Waals surface area (Å²) >= 11 is 1.60. The van der Waals surface area contributed by atoms with Crippen LogP contribution in [-0.2, 0) is 0 Å². The average Bonchev–Trinajstić information content (AvgIpc) is 2.77. The molecule has 2 aromatic rings. The van der Waals surface area contributed by atoms with E-state index in [0.717, 1.165) is 5.69 Å². The number of rotatable bonds is 4. The Bertz CT molecular complexity index is 458. The molecule has 0 fully saturated rings. The summed E-state index contributed by atoms with van der Waals surface area (Å²) in [5.41, 5.74) is 7.26. The topological polar surface area (TPSA) is 73.1 Å². The molecule has 2 heterocycles. The van der Waals surface area contributed by atoms with Crippen molar-refractivity contribution in [3.63, 3.8) is 0 Å². The van der Waals surface area contributed by atoms with Gasteiger partial charge in [-0.25, -0.2) is 4.98 Å². The van der Waals surface area contributed by atoms with E-state index in [2.05, 4.69) is 15.3 Å². The van der Waals surface area contributed by atoms with Gasteiger partial charge >= 0.3 is 0 Å². The van der Waals surface area contributed by atoms with Gasteiger partial charge in [0.15, 0.2) is 5.82 Å². The fraction of sp³-hybridized carbons (Fsp3) is 0.200. The molecule has 0 aromatic carbocycles. The minimum Gasteiger partial charge on any atom is -0.476 e. The minimum absolute atomic E-state index is 0.412. The van der Waals surface area contributed by atoms with Gasteiger partial charge in [-0.2, -0.15) is 16.3 Å². The summed E-state index contributed by atoms with van der Waals surface area (Å²) in [4.78, 5) is 8.04. The van der Waals surface area contributed by atoms with Crippen LogP contribution in [-0.4, -0.2) is 16.6 Å². The van der Waals surface area contributed by atoms with Crippen LogP contribution in [0.2, 0.25) is 0 Å². The quantitative estimate of drug-likeness (QED) is 0.851. The van der Waals surface area contributed by atoms with Crippen molar-refractivity contribution >= 4 is 28.5 Å². The molecular formula is C10H12N4OS. The Morgan fingerprint density at radius 1 is 1.50 bits per heavy atom. The summed E-state index contributed by atoms with van der Waals surface area (Å²) in [6, 6.07) is 1.95. The highest BCUT2D eigenvalue weighted by Gasteiger charge is 2.08. The molecule has 0 saturated carbocycles. The zero-order valence-electron chi connectivity index (χ0n) is 8.80. The molecule has 0 aliphatic rings. The lowest BCUT2D eigenvalue weighted by molar-refractivity contribution is 0.328. The molecule has 2 rings (SSSR count). The first kappa shape index (κ1) is 10.7. The van der Waals surface area contributed by atoms with E-state index in [1.807, 2.05) is 23.8 Å². The number of nitrogens with zero attached hydrogens (tertiary/aromatic N) is 2. The van der Waals surface area contributed by atoms with Crippen LogP contribution in [0.1, 0.15) is 6.92 Å². The molecule has 0 atom stereocenters. The van der Waals surface area contributed by atoms with Crippen molar-refractivity contribution in [3.8, 4) is 5.88 Å². The zero-order chi connectivity index (χ0) is 11.4. The molecule has 16 heavy (non-hydrogen) atoms. The molecule has 5 nitrogen and oxygen atoms in total. The monoisotopic (exact) mass is 236 g/mol. The van der Waals surface area contributed by atoms with Gasteiger partial charge in [0.1, 0.15) is 12.0 Å². The van der Waals surface area contributed by atoms with Crippen molar-refractivity contribution in [2.75, 3.05) is 17.7 Å². The maximum atomic E-state index is 5.88. The molecule has 3 N–H and O–H groups in total. The van der Waals surface area contributed by atoms with Crippen molar-refractivity contribution in [1.29, 1.82) is 0 Å². The van der Waals surface area contributed by atoms with Crippen molar-refractivity contribution in [1.82, 2.24) is 9.97 Å². The SMILES string of the molecule is CCOc1ncnc(Nc2ccsc2)c1N. The van der Waals surface area contributed by atoms with Crippen LogP contribution < -0.4 is 15.8 Å². The molecule has 0 amide bonds. The van der Waals surface area contributed by atoms with E-state index in [-0.39, 0.29) is 0 Å². The summed E-state index contributed by atoms with van der Waals surface area (Å²) in [6.45, 7) is 2.41. The standard InChI is InChI=1S/C10H12N4OS/c1-2-15-10-8(11)9(12-6-13-10)14-7-3-4-16-5-7/h3-6H,2,11H2,1H3,(H,12,13,14). The summed E-state index contributed by atoms with van der Waals surface area (Å²) in [7, 11) is 0. The molecule has 0 aliphatic carbocycles. The lowest BCUT2D eigenvalue weighted by Gasteiger charge is -2.09. The number of ether oxygens (including phenoxy) is 1. The molecular weight excluding hydrogens is 224 g/mol. The second-order valence-electron chi connectivity index (χ2n) is 3.01. The second kappa shape index (κ2) is 4.80. The molecule has 0 saturated heterocycles. The Hall–Kier alpha value is -1.82. The molecule has 0 radical (unpaired) electrons. The van der Waals surface area contributed by atoms with Gasteiger partial charge in [-0.3, -0.25) is 0 Å². The lowest BCUT2D eigenvalue weighted by Crippen LogP contribution is -2.04. The smallest absolute Gasteiger partial charge is 0.242 e. The highest BCUT2D eigenvalue weighted by Crippen LogP contribution is 2.27. The third-order valence-electron chi connectivity index (χ3n) is 1.91. The van der Waals surface area contributed by atoms with Crippen molar-refractivity contribution < 1.29 is 4.74 Å². The Balaban J connectivity index is 2.24. The Labute approximate surface area is 97.3 Å². The molecule has 6 heteroatoms. The highest BCUT2D eigenvalue weighted by molar-refractivity contribution is 7.08. The van der Waals surface area contributed by atoms with Crippen LogP contribution in [0.3, 0.4) is 0 Å². The third kappa shape index (κ3) is 2.22. The van der Waals surface area contributed by atoms with E-state index < -0.39 is 0 Å². The average molecular weight is 236 g/mol.